The van der Waals surface area contributed by atoms with Gasteiger partial charge >= 0.3 is 0 Å². The summed E-state index contributed by atoms with van der Waals surface area (Å²) in [5, 5.41) is 3.21. The summed E-state index contributed by atoms with van der Waals surface area (Å²) >= 11 is 0. The van der Waals surface area contributed by atoms with Gasteiger partial charge in [-0.15, -0.1) is 12.4 Å². The number of ether oxygens (including phenoxy) is 2. The van der Waals surface area contributed by atoms with Crippen LogP contribution in [0.4, 0.5) is 0 Å². The van der Waals surface area contributed by atoms with E-state index < -0.39 is 0 Å². The summed E-state index contributed by atoms with van der Waals surface area (Å²) in [6.45, 7) is 2.95. The predicted molar refractivity (Wildman–Crippen MR) is 96.9 cm³/mol. The molecule has 1 N–H and O–H groups in total. The van der Waals surface area contributed by atoms with Crippen molar-refractivity contribution in [3.05, 3.63) is 29.3 Å². The summed E-state index contributed by atoms with van der Waals surface area (Å²) < 4.78 is 11.0. The van der Waals surface area contributed by atoms with E-state index in [-0.39, 0.29) is 18.3 Å². The van der Waals surface area contributed by atoms with E-state index in [4.69, 9.17) is 9.47 Å². The van der Waals surface area contributed by atoms with Crippen LogP contribution in [0.15, 0.2) is 23.8 Å². The standard InChI is InChI=1S/C18H24N2O3.ClH/c1-19-10-13-4-3-7-20(11-13)18(21)15-8-14-9-16(22-2)5-6-17(14)23-12-15;/h5-6,8-9,13,19H,3-4,7,10-12H2,1-2H3;1H. The maximum Gasteiger partial charge on any atom is 0.253 e. The van der Waals surface area contributed by atoms with Crippen LogP contribution in [0.3, 0.4) is 0 Å². The Labute approximate surface area is 149 Å². The first kappa shape index (κ1) is 18.6. The Morgan fingerprint density at radius 3 is 3.04 bits per heavy atom. The van der Waals surface area contributed by atoms with E-state index in [2.05, 4.69) is 5.32 Å². The summed E-state index contributed by atoms with van der Waals surface area (Å²) in [6.07, 6.45) is 4.18. The van der Waals surface area contributed by atoms with E-state index in [1.54, 1.807) is 7.11 Å². The molecule has 3 rings (SSSR count). The van der Waals surface area contributed by atoms with Gasteiger partial charge < -0.3 is 19.7 Å². The summed E-state index contributed by atoms with van der Waals surface area (Å²) in [4.78, 5) is 14.8. The molecule has 1 fully saturated rings. The van der Waals surface area contributed by atoms with Crippen molar-refractivity contribution in [3.8, 4) is 11.5 Å². The van der Waals surface area contributed by atoms with E-state index >= 15 is 0 Å². The molecule has 6 heteroatoms. The van der Waals surface area contributed by atoms with Gasteiger partial charge in [0.2, 0.25) is 0 Å². The Bertz CT molecular complexity index is 616. The third-order valence-corrected chi connectivity index (χ3v) is 4.50. The van der Waals surface area contributed by atoms with Gasteiger partial charge in [0.05, 0.1) is 12.7 Å². The second kappa shape index (κ2) is 8.40. The molecule has 1 aromatic carbocycles. The van der Waals surface area contributed by atoms with E-state index in [0.29, 0.717) is 12.5 Å². The van der Waals surface area contributed by atoms with Crippen LogP contribution in [0, 0.1) is 5.92 Å². The average molecular weight is 353 g/mol. The number of piperidine rings is 1. The number of hydrogen-bond acceptors (Lipinski definition) is 4. The van der Waals surface area contributed by atoms with Crippen LogP contribution in [0.5, 0.6) is 11.5 Å². The summed E-state index contributed by atoms with van der Waals surface area (Å²) in [7, 11) is 3.60. The van der Waals surface area contributed by atoms with E-state index in [0.717, 1.165) is 48.7 Å². The molecule has 1 amide bonds. The lowest BCUT2D eigenvalue weighted by molar-refractivity contribution is -0.129. The van der Waals surface area contributed by atoms with Crippen molar-refractivity contribution < 1.29 is 14.3 Å². The number of nitrogens with zero attached hydrogens (tertiary/aromatic N) is 1. The summed E-state index contributed by atoms with van der Waals surface area (Å²) in [5.74, 6) is 2.20. The number of nitrogens with one attached hydrogen (secondary N) is 1. The number of halogens is 1. The Morgan fingerprint density at radius 1 is 1.46 bits per heavy atom. The molecular weight excluding hydrogens is 328 g/mol. The van der Waals surface area contributed by atoms with Gasteiger partial charge in [-0.2, -0.15) is 0 Å². The lowest BCUT2D eigenvalue weighted by atomic mass is 9.97. The van der Waals surface area contributed by atoms with Crippen LogP contribution in [-0.4, -0.2) is 51.2 Å². The molecule has 2 heterocycles. The zero-order valence-corrected chi connectivity index (χ0v) is 15.0. The Balaban J connectivity index is 0.00000208. The minimum atomic E-state index is 0. The van der Waals surface area contributed by atoms with Crippen molar-refractivity contribution in [2.24, 2.45) is 5.92 Å². The van der Waals surface area contributed by atoms with Gasteiger partial charge in [0.15, 0.2) is 0 Å². The van der Waals surface area contributed by atoms with Crippen molar-refractivity contribution in [3.63, 3.8) is 0 Å². The van der Waals surface area contributed by atoms with Crippen LogP contribution in [0.25, 0.3) is 6.08 Å². The molecule has 1 atom stereocenters. The third kappa shape index (κ3) is 4.02. The molecule has 0 bridgehead atoms. The smallest absolute Gasteiger partial charge is 0.253 e. The van der Waals surface area contributed by atoms with Crippen molar-refractivity contribution in [1.29, 1.82) is 0 Å². The zero-order valence-electron chi connectivity index (χ0n) is 14.2. The highest BCUT2D eigenvalue weighted by atomic mass is 35.5. The largest absolute Gasteiger partial charge is 0.497 e. The molecular formula is C18H25ClN2O3. The second-order valence-corrected chi connectivity index (χ2v) is 6.18. The number of amides is 1. The number of rotatable bonds is 4. The Morgan fingerprint density at radius 2 is 2.29 bits per heavy atom. The van der Waals surface area contributed by atoms with Crippen LogP contribution in [-0.2, 0) is 4.79 Å². The summed E-state index contributed by atoms with van der Waals surface area (Å²) in [5.41, 5.74) is 1.62. The highest BCUT2D eigenvalue weighted by Gasteiger charge is 2.27. The molecule has 5 nitrogen and oxygen atoms in total. The molecule has 24 heavy (non-hydrogen) atoms. The minimum Gasteiger partial charge on any atom is -0.497 e. The van der Waals surface area contributed by atoms with Crippen molar-refractivity contribution >= 4 is 24.4 Å². The summed E-state index contributed by atoms with van der Waals surface area (Å²) in [6, 6.07) is 5.66. The van der Waals surface area contributed by atoms with Crippen LogP contribution in [0.2, 0.25) is 0 Å². The number of likely N-dealkylation sites (tertiary alicyclic amines) is 1. The number of benzene rings is 1. The Hall–Kier alpha value is -1.72. The van der Waals surface area contributed by atoms with Crippen LogP contribution < -0.4 is 14.8 Å². The number of fused-ring (bicyclic) bond motifs is 1. The minimum absolute atomic E-state index is 0. The Kier molecular flexibility index (Phi) is 6.52. The van der Waals surface area contributed by atoms with Crippen molar-refractivity contribution in [2.45, 2.75) is 12.8 Å². The molecule has 0 aromatic heterocycles. The first-order valence-corrected chi connectivity index (χ1v) is 8.16. The lowest BCUT2D eigenvalue weighted by Gasteiger charge is -2.33. The molecule has 132 valence electrons. The average Bonchev–Trinajstić information content (AvgIpc) is 2.60. The zero-order chi connectivity index (χ0) is 16.2. The van der Waals surface area contributed by atoms with Crippen molar-refractivity contribution in [1.82, 2.24) is 10.2 Å². The monoisotopic (exact) mass is 352 g/mol. The fraction of sp³-hybridized carbons (Fsp3) is 0.500. The predicted octanol–water partition coefficient (Wildman–Crippen LogP) is 2.35. The van der Waals surface area contributed by atoms with Gasteiger partial charge in [-0.3, -0.25) is 4.79 Å². The molecule has 0 spiro atoms. The number of carbonyl (C=O) groups is 1. The molecule has 1 aromatic rings. The maximum absolute atomic E-state index is 12.8. The van der Waals surface area contributed by atoms with E-state index in [1.807, 2.05) is 36.2 Å². The maximum atomic E-state index is 12.8. The van der Waals surface area contributed by atoms with Crippen LogP contribution in [0.1, 0.15) is 18.4 Å². The van der Waals surface area contributed by atoms with Gasteiger partial charge in [0.1, 0.15) is 18.1 Å². The van der Waals surface area contributed by atoms with Gasteiger partial charge in [-0.25, -0.2) is 0 Å². The van der Waals surface area contributed by atoms with E-state index in [1.165, 1.54) is 6.42 Å². The number of hydrogen-bond donors (Lipinski definition) is 1. The molecule has 2 aliphatic heterocycles. The highest BCUT2D eigenvalue weighted by Crippen LogP contribution is 2.31. The highest BCUT2D eigenvalue weighted by molar-refractivity contribution is 5.99. The van der Waals surface area contributed by atoms with Gasteiger partial charge in [0, 0.05) is 18.7 Å². The SMILES string of the molecule is CNCC1CCCN(C(=O)C2=Cc3cc(OC)ccc3OC2)C1.Cl. The van der Waals surface area contributed by atoms with Gasteiger partial charge in [-0.1, -0.05) is 0 Å². The molecule has 0 aliphatic carbocycles. The number of carbonyl (C=O) groups excluding carboxylic acids is 1. The molecule has 2 aliphatic rings. The lowest BCUT2D eigenvalue weighted by Crippen LogP contribution is -2.43. The van der Waals surface area contributed by atoms with E-state index in [9.17, 15) is 4.79 Å². The molecule has 0 saturated carbocycles. The van der Waals surface area contributed by atoms with Gasteiger partial charge in [0.25, 0.3) is 5.91 Å². The second-order valence-electron chi connectivity index (χ2n) is 6.18. The molecule has 1 saturated heterocycles. The molecule has 0 radical (unpaired) electrons. The normalized spacial score (nSPS) is 19.5. The third-order valence-electron chi connectivity index (χ3n) is 4.50. The topological polar surface area (TPSA) is 50.8 Å². The first-order valence-electron chi connectivity index (χ1n) is 8.16. The number of methoxy groups -OCH3 is 1. The van der Waals surface area contributed by atoms with Crippen molar-refractivity contribution in [2.75, 3.05) is 40.4 Å². The molecule has 1 unspecified atom stereocenters. The van der Waals surface area contributed by atoms with Gasteiger partial charge in [-0.05, 0) is 56.6 Å². The quantitative estimate of drug-likeness (QED) is 0.903. The fourth-order valence-corrected chi connectivity index (χ4v) is 3.31. The first-order chi connectivity index (χ1) is 11.2. The fourth-order valence-electron chi connectivity index (χ4n) is 3.31. The van der Waals surface area contributed by atoms with Crippen LogP contribution >= 0.6 is 12.4 Å².